The predicted molar refractivity (Wildman–Crippen MR) is 116 cm³/mol. The van der Waals surface area contributed by atoms with E-state index in [0.29, 0.717) is 17.5 Å². The number of carbonyl (C=O) groups excluding carboxylic acids is 1. The average Bonchev–Trinajstić information content (AvgIpc) is 2.72. The third kappa shape index (κ3) is 12.4. The molecule has 176 valence electrons. The fraction of sp³-hybridized carbons (Fsp3) is 0.364. The summed E-state index contributed by atoms with van der Waals surface area (Å²) in [6.45, 7) is 5.14. The normalized spacial score (nSPS) is 13.2. The number of hydrogen-bond donors (Lipinski definition) is 3. The molecule has 11 heteroatoms. The van der Waals surface area contributed by atoms with Gasteiger partial charge in [-0.15, -0.1) is 24.9 Å². The summed E-state index contributed by atoms with van der Waals surface area (Å²) < 4.78 is 48.0. The van der Waals surface area contributed by atoms with Gasteiger partial charge in [-0.1, -0.05) is 19.9 Å². The maximum atomic E-state index is 12.8. The summed E-state index contributed by atoms with van der Waals surface area (Å²) >= 11 is 0. The topological polar surface area (TPSA) is 93.9 Å². The van der Waals surface area contributed by atoms with Crippen LogP contribution in [-0.2, 0) is 16.1 Å². The van der Waals surface area contributed by atoms with E-state index < -0.39 is 18.0 Å². The molecule has 3 N–H and O–H groups in total. The van der Waals surface area contributed by atoms with Crippen molar-refractivity contribution in [1.82, 2.24) is 10.6 Å². The first-order chi connectivity index (χ1) is 15.1. The Morgan fingerprint density at radius 1 is 1.33 bits per heavy atom. The molecule has 33 heavy (non-hydrogen) atoms. The van der Waals surface area contributed by atoms with Crippen molar-refractivity contribution in [2.45, 2.75) is 39.8 Å². The van der Waals surface area contributed by atoms with Crippen molar-refractivity contribution in [3.05, 3.63) is 64.9 Å². The molecular weight excluding hydrogens is 464 g/mol. The number of carbonyl (C=O) groups is 1. The van der Waals surface area contributed by atoms with Gasteiger partial charge in [0.25, 0.3) is 0 Å². The molecule has 7 nitrogen and oxygen atoms in total. The Kier molecular flexibility index (Phi) is 15.3. The van der Waals surface area contributed by atoms with Crippen molar-refractivity contribution in [3.63, 3.8) is 0 Å². The standard InChI is InChI=1S/C22H26F3N4O3.K/c1-5-17(12-26)21(30)28-15(3)13-31-14-16-7-8-20(32-22(23,24)25)19(11-16)29-18(6-2)9-10-27-4;/h6-9,11-12,15,27,29H,13-14H2,1-4H3,(H,28,30);/q-3;+1/b18-6+;. The third-order valence-corrected chi connectivity index (χ3v) is 3.89. The van der Waals surface area contributed by atoms with Gasteiger partial charge in [0.2, 0.25) is 0 Å². The van der Waals surface area contributed by atoms with E-state index in [-0.39, 0.29) is 81.9 Å². The molecule has 1 amide bonds. The van der Waals surface area contributed by atoms with E-state index in [1.54, 1.807) is 27.0 Å². The fourth-order valence-electron chi connectivity index (χ4n) is 2.41. The first kappa shape index (κ1) is 31.4. The number of benzene rings is 1. The van der Waals surface area contributed by atoms with Gasteiger partial charge >= 0.3 is 57.7 Å². The number of nitrogens with one attached hydrogen (secondary N) is 3. The number of amides is 1. The molecule has 1 atom stereocenters. The molecule has 0 fully saturated rings. The second-order valence-electron chi connectivity index (χ2n) is 6.47. The van der Waals surface area contributed by atoms with E-state index in [9.17, 15) is 18.0 Å². The molecule has 0 aromatic heterocycles. The maximum Gasteiger partial charge on any atom is 1.00 e. The number of nitrogens with zero attached hydrogens (tertiary/aromatic N) is 1. The van der Waals surface area contributed by atoms with Crippen LogP contribution in [0.5, 0.6) is 5.75 Å². The number of hydrogen-bond acceptors (Lipinski definition) is 5. The second kappa shape index (κ2) is 16.1. The molecule has 0 heterocycles. The van der Waals surface area contributed by atoms with E-state index in [4.69, 9.17) is 10.1 Å². The summed E-state index contributed by atoms with van der Waals surface area (Å²) in [6.07, 6.45) is 4.28. The van der Waals surface area contributed by atoms with Crippen molar-refractivity contribution >= 4 is 17.8 Å². The van der Waals surface area contributed by atoms with Gasteiger partial charge in [-0.3, -0.25) is 0 Å². The minimum Gasteiger partial charge on any atom is -0.878 e. The van der Waals surface area contributed by atoms with Gasteiger partial charge in [-0.05, 0) is 31.7 Å². The fourth-order valence-corrected chi connectivity index (χ4v) is 2.41. The Morgan fingerprint density at radius 3 is 2.58 bits per heavy atom. The molecule has 0 aliphatic rings. The summed E-state index contributed by atoms with van der Waals surface area (Å²) in [4.78, 5) is 11.9. The van der Waals surface area contributed by atoms with Gasteiger partial charge in [0.05, 0.1) is 18.9 Å². The molecule has 0 radical (unpaired) electrons. The summed E-state index contributed by atoms with van der Waals surface area (Å²) in [5.74, 6) is -0.897. The Bertz CT molecular complexity index is 871. The van der Waals surface area contributed by atoms with Crippen molar-refractivity contribution in [2.75, 3.05) is 19.0 Å². The van der Waals surface area contributed by atoms with Gasteiger partial charge in [0.15, 0.2) is 5.75 Å². The van der Waals surface area contributed by atoms with Crippen LogP contribution < -0.4 is 72.1 Å². The molecule has 0 aliphatic heterocycles. The number of ether oxygens (including phenoxy) is 2. The molecule has 0 saturated heterocycles. The van der Waals surface area contributed by atoms with Crippen LogP contribution in [0.2, 0.25) is 0 Å². The van der Waals surface area contributed by atoms with Gasteiger partial charge in [0.1, 0.15) is 5.91 Å². The molecule has 1 unspecified atom stereocenters. The predicted octanol–water partition coefficient (Wildman–Crippen LogP) is 0.852. The minimum atomic E-state index is -4.85. The molecule has 0 bridgehead atoms. The molecule has 0 saturated carbocycles. The number of allylic oxidation sites excluding steroid dienone is 3. The second-order valence-corrected chi connectivity index (χ2v) is 6.47. The average molecular weight is 491 g/mol. The van der Waals surface area contributed by atoms with E-state index in [1.807, 2.05) is 0 Å². The van der Waals surface area contributed by atoms with Crippen LogP contribution in [-0.4, -0.2) is 38.2 Å². The zero-order chi connectivity index (χ0) is 24.1. The van der Waals surface area contributed by atoms with Gasteiger partial charge in [0, 0.05) is 6.04 Å². The van der Waals surface area contributed by atoms with Crippen molar-refractivity contribution < 1.29 is 78.8 Å². The molecule has 1 rings (SSSR count). The molecule has 1 aromatic rings. The monoisotopic (exact) mass is 490 g/mol. The number of rotatable bonds is 12. The van der Waals surface area contributed by atoms with E-state index in [0.717, 1.165) is 0 Å². The van der Waals surface area contributed by atoms with Crippen molar-refractivity contribution in [2.24, 2.45) is 0 Å². The van der Waals surface area contributed by atoms with Gasteiger partial charge in [-0.25, -0.2) is 6.08 Å². The quantitative estimate of drug-likeness (QED) is 0.101. The summed E-state index contributed by atoms with van der Waals surface area (Å²) in [5.41, 5.74) is 1.18. The number of anilines is 1. The smallest absolute Gasteiger partial charge is 0.878 e. The summed E-state index contributed by atoms with van der Waals surface area (Å²) in [7, 11) is 1.64. The van der Waals surface area contributed by atoms with E-state index in [1.165, 1.54) is 31.2 Å². The van der Waals surface area contributed by atoms with Crippen LogP contribution in [0.15, 0.2) is 41.6 Å². The number of halogens is 3. The van der Waals surface area contributed by atoms with E-state index >= 15 is 0 Å². The van der Waals surface area contributed by atoms with Crippen LogP contribution in [0, 0.1) is 12.3 Å². The first-order valence-electron chi connectivity index (χ1n) is 9.61. The zero-order valence-corrected chi connectivity index (χ0v) is 22.4. The molecular formula is C22H26F3KN4O3-2. The van der Waals surface area contributed by atoms with Crippen LogP contribution in [0.1, 0.15) is 26.3 Å². The van der Waals surface area contributed by atoms with Crippen molar-refractivity contribution in [1.29, 1.82) is 0 Å². The van der Waals surface area contributed by atoms with Crippen LogP contribution >= 0.6 is 0 Å². The molecule has 0 spiro atoms. The Labute approximate surface area is 234 Å². The molecule has 0 aliphatic carbocycles. The van der Waals surface area contributed by atoms with E-state index in [2.05, 4.69) is 33.0 Å². The van der Waals surface area contributed by atoms with Crippen molar-refractivity contribution in [3.8, 4) is 5.75 Å². The maximum absolute atomic E-state index is 12.8. The molecule has 1 aromatic carbocycles. The zero-order valence-electron chi connectivity index (χ0n) is 19.3. The van der Waals surface area contributed by atoms with Crippen LogP contribution in [0.3, 0.4) is 0 Å². The van der Waals surface area contributed by atoms with Gasteiger partial charge < -0.3 is 41.8 Å². The Balaban J connectivity index is 0.0000102. The Morgan fingerprint density at radius 2 is 2.03 bits per heavy atom. The largest absolute Gasteiger partial charge is 1.00 e. The summed E-state index contributed by atoms with van der Waals surface area (Å²) in [6, 6.07) is 3.75. The number of alkyl halides is 3. The van der Waals surface area contributed by atoms with Gasteiger partial charge in [-0.2, -0.15) is 17.8 Å². The SMILES string of the molecule is C[C-]=C(C=[N-])C(=O)NC(C)COCc1ccc(OC(F)(F)F)c(N/C(C=[C-]NC)=C/C)c1.[K+]. The Hall–Kier alpha value is -1.63. The van der Waals surface area contributed by atoms with Crippen LogP contribution in [0.25, 0.3) is 5.41 Å². The first-order valence-corrected chi connectivity index (χ1v) is 9.61. The minimum absolute atomic E-state index is 0. The third-order valence-electron chi connectivity index (χ3n) is 3.89. The van der Waals surface area contributed by atoms with Crippen LogP contribution in [0.4, 0.5) is 18.9 Å². The summed E-state index contributed by atoms with van der Waals surface area (Å²) in [5, 5.41) is 17.1.